The fraction of sp³-hybridized carbons (Fsp3) is 0.667. The second-order valence-electron chi connectivity index (χ2n) is 7.10. The lowest BCUT2D eigenvalue weighted by molar-refractivity contribution is 0.320. The number of benzene rings is 1. The zero-order valence-corrected chi connectivity index (χ0v) is 13.6. The quantitative estimate of drug-likeness (QED) is 0.745. The van der Waals surface area contributed by atoms with E-state index in [1.54, 1.807) is 0 Å². The first-order chi connectivity index (χ1) is 8.80. The average Bonchev–Trinajstić information content (AvgIpc) is 2.28. The minimum absolute atomic E-state index is 0.362. The molecule has 0 atom stereocenters. The first-order valence-corrected chi connectivity index (χ1v) is 7.62. The van der Waals surface area contributed by atoms with Gasteiger partial charge in [0.2, 0.25) is 0 Å². The van der Waals surface area contributed by atoms with Crippen LogP contribution in [0.5, 0.6) is 0 Å². The Kier molecular flexibility index (Phi) is 6.06. The van der Waals surface area contributed by atoms with Crippen LogP contribution in [0, 0.1) is 5.41 Å². The van der Waals surface area contributed by atoms with E-state index in [0.717, 1.165) is 13.0 Å². The van der Waals surface area contributed by atoms with E-state index >= 15 is 0 Å². The number of rotatable bonds is 7. The first kappa shape index (κ1) is 16.2. The van der Waals surface area contributed by atoms with Crippen molar-refractivity contribution in [3.8, 4) is 0 Å². The molecule has 1 rings (SSSR count). The molecule has 0 aromatic heterocycles. The first-order valence-electron chi connectivity index (χ1n) is 7.62. The van der Waals surface area contributed by atoms with Crippen molar-refractivity contribution in [3.05, 3.63) is 35.4 Å². The molecule has 0 saturated heterocycles. The molecule has 0 fully saturated rings. The molecule has 1 nitrogen and oxygen atoms in total. The second kappa shape index (κ2) is 7.09. The molecule has 0 aliphatic carbocycles. The highest BCUT2D eigenvalue weighted by Gasteiger charge is 2.18. The summed E-state index contributed by atoms with van der Waals surface area (Å²) in [5, 5.41) is 3.51. The Bertz CT molecular complexity index is 360. The fourth-order valence-corrected chi connectivity index (χ4v) is 2.36. The lowest BCUT2D eigenvalue weighted by atomic mass is 9.82. The van der Waals surface area contributed by atoms with Crippen molar-refractivity contribution in [2.24, 2.45) is 5.41 Å². The topological polar surface area (TPSA) is 12.0 Å². The molecule has 0 radical (unpaired) electrons. The van der Waals surface area contributed by atoms with Crippen molar-refractivity contribution in [2.75, 3.05) is 6.54 Å². The summed E-state index contributed by atoms with van der Waals surface area (Å²) in [6.45, 7) is 14.7. The molecule has 0 amide bonds. The van der Waals surface area contributed by atoms with Crippen LogP contribution in [0.2, 0.25) is 0 Å². The molecule has 1 aromatic carbocycles. The van der Waals surface area contributed by atoms with Gasteiger partial charge in [0.15, 0.2) is 0 Å². The van der Waals surface area contributed by atoms with Crippen LogP contribution in [-0.2, 0) is 6.42 Å². The third kappa shape index (κ3) is 6.24. The van der Waals surface area contributed by atoms with E-state index in [9.17, 15) is 0 Å². The smallest absolute Gasteiger partial charge is 0.00103 e. The van der Waals surface area contributed by atoms with Gasteiger partial charge in [-0.1, -0.05) is 65.8 Å². The van der Waals surface area contributed by atoms with E-state index in [1.165, 1.54) is 17.5 Å². The molecule has 0 spiro atoms. The summed E-state index contributed by atoms with van der Waals surface area (Å²) in [6.07, 6.45) is 2.38. The summed E-state index contributed by atoms with van der Waals surface area (Å²) in [4.78, 5) is 0. The minimum atomic E-state index is 0.362. The molecule has 0 aliphatic rings. The molecule has 0 unspecified atom stereocenters. The van der Waals surface area contributed by atoms with Crippen LogP contribution >= 0.6 is 0 Å². The molecular weight excluding hydrogens is 230 g/mol. The zero-order chi connectivity index (χ0) is 14.5. The van der Waals surface area contributed by atoms with E-state index in [1.807, 2.05) is 0 Å². The maximum Gasteiger partial charge on any atom is 0.00103 e. The van der Waals surface area contributed by atoms with E-state index in [2.05, 4.69) is 71.1 Å². The Balaban J connectivity index is 2.52. The second-order valence-corrected chi connectivity index (χ2v) is 7.10. The highest BCUT2D eigenvalue weighted by atomic mass is 14.9. The highest BCUT2D eigenvalue weighted by molar-refractivity contribution is 5.25. The lowest BCUT2D eigenvalue weighted by Crippen LogP contribution is -2.28. The molecule has 108 valence electrons. The monoisotopic (exact) mass is 261 g/mol. The molecular formula is C18H31N. The van der Waals surface area contributed by atoms with Gasteiger partial charge >= 0.3 is 0 Å². The summed E-state index contributed by atoms with van der Waals surface area (Å²) in [6, 6.07) is 9.74. The van der Waals surface area contributed by atoms with Gasteiger partial charge in [-0.3, -0.25) is 0 Å². The summed E-state index contributed by atoms with van der Waals surface area (Å²) in [7, 11) is 0. The van der Waals surface area contributed by atoms with Crippen molar-refractivity contribution in [1.82, 2.24) is 5.32 Å². The van der Waals surface area contributed by atoms with Gasteiger partial charge < -0.3 is 5.32 Å². The summed E-state index contributed by atoms with van der Waals surface area (Å²) >= 11 is 0. The van der Waals surface area contributed by atoms with Gasteiger partial charge in [-0.05, 0) is 41.8 Å². The Labute approximate surface area is 119 Å². The van der Waals surface area contributed by atoms with Gasteiger partial charge in [0.1, 0.15) is 0 Å². The normalized spacial score (nSPS) is 12.4. The SMILES string of the molecule is CC(C)NCCC(C)(C)Cc1ccc(C(C)C)cc1. The van der Waals surface area contributed by atoms with E-state index < -0.39 is 0 Å². The Morgan fingerprint density at radius 2 is 1.58 bits per heavy atom. The lowest BCUT2D eigenvalue weighted by Gasteiger charge is -2.25. The Hall–Kier alpha value is -0.820. The van der Waals surface area contributed by atoms with Crippen molar-refractivity contribution < 1.29 is 0 Å². The fourth-order valence-electron chi connectivity index (χ4n) is 2.36. The average molecular weight is 261 g/mol. The van der Waals surface area contributed by atoms with Gasteiger partial charge in [0.25, 0.3) is 0 Å². The van der Waals surface area contributed by atoms with Gasteiger partial charge in [0, 0.05) is 6.04 Å². The van der Waals surface area contributed by atoms with Crippen LogP contribution in [0.25, 0.3) is 0 Å². The number of hydrogen-bond acceptors (Lipinski definition) is 1. The minimum Gasteiger partial charge on any atom is -0.315 e. The predicted octanol–water partition coefficient (Wildman–Crippen LogP) is 4.77. The van der Waals surface area contributed by atoms with Gasteiger partial charge in [0.05, 0.1) is 0 Å². The maximum absolute atomic E-state index is 3.51. The number of nitrogens with one attached hydrogen (secondary N) is 1. The van der Waals surface area contributed by atoms with Crippen molar-refractivity contribution in [1.29, 1.82) is 0 Å². The molecule has 1 aromatic rings. The zero-order valence-electron chi connectivity index (χ0n) is 13.6. The number of hydrogen-bond donors (Lipinski definition) is 1. The van der Waals surface area contributed by atoms with Crippen molar-refractivity contribution in [3.63, 3.8) is 0 Å². The van der Waals surface area contributed by atoms with E-state index in [-0.39, 0.29) is 0 Å². The third-order valence-corrected chi connectivity index (χ3v) is 3.68. The van der Waals surface area contributed by atoms with Crippen molar-refractivity contribution >= 4 is 0 Å². The van der Waals surface area contributed by atoms with Crippen LogP contribution in [0.1, 0.15) is 65.0 Å². The maximum atomic E-state index is 3.51. The summed E-state index contributed by atoms with van der Waals surface area (Å²) < 4.78 is 0. The van der Waals surface area contributed by atoms with Crippen LogP contribution in [0.4, 0.5) is 0 Å². The summed E-state index contributed by atoms with van der Waals surface area (Å²) in [5.74, 6) is 0.623. The molecule has 0 aliphatic heterocycles. The molecule has 1 N–H and O–H groups in total. The largest absolute Gasteiger partial charge is 0.315 e. The molecule has 1 heteroatoms. The Morgan fingerprint density at radius 3 is 2.05 bits per heavy atom. The third-order valence-electron chi connectivity index (χ3n) is 3.68. The van der Waals surface area contributed by atoms with Gasteiger partial charge in [-0.2, -0.15) is 0 Å². The van der Waals surface area contributed by atoms with Crippen LogP contribution in [-0.4, -0.2) is 12.6 Å². The highest BCUT2D eigenvalue weighted by Crippen LogP contribution is 2.26. The van der Waals surface area contributed by atoms with Crippen molar-refractivity contribution in [2.45, 2.75) is 66.3 Å². The van der Waals surface area contributed by atoms with Crippen LogP contribution in [0.15, 0.2) is 24.3 Å². The van der Waals surface area contributed by atoms with Gasteiger partial charge in [-0.15, -0.1) is 0 Å². The standard InChI is InChI=1S/C18H31N/c1-14(2)17-9-7-16(8-10-17)13-18(5,6)11-12-19-15(3)4/h7-10,14-15,19H,11-13H2,1-6H3. The van der Waals surface area contributed by atoms with Crippen LogP contribution < -0.4 is 5.32 Å². The van der Waals surface area contributed by atoms with E-state index in [4.69, 9.17) is 0 Å². The van der Waals surface area contributed by atoms with E-state index in [0.29, 0.717) is 17.4 Å². The molecule has 19 heavy (non-hydrogen) atoms. The molecule has 0 saturated carbocycles. The predicted molar refractivity (Wildman–Crippen MR) is 85.8 cm³/mol. The Morgan fingerprint density at radius 1 is 1.00 bits per heavy atom. The molecule has 0 heterocycles. The van der Waals surface area contributed by atoms with Crippen LogP contribution in [0.3, 0.4) is 0 Å². The van der Waals surface area contributed by atoms with Gasteiger partial charge in [-0.25, -0.2) is 0 Å². The molecule has 0 bridgehead atoms. The summed E-state index contributed by atoms with van der Waals surface area (Å²) in [5.41, 5.74) is 3.25.